The number of likely N-dealkylation sites (tertiary alicyclic amines) is 1. The first kappa shape index (κ1) is 51.8. The highest BCUT2D eigenvalue weighted by atomic mass is 16.4. The minimum absolute atomic E-state index is 0.00290. The first-order valence-electron chi connectivity index (χ1n) is 21.0. The van der Waals surface area contributed by atoms with Crippen molar-refractivity contribution in [3.63, 3.8) is 0 Å². The fourth-order valence-electron chi connectivity index (χ4n) is 6.79. The van der Waals surface area contributed by atoms with E-state index in [2.05, 4.69) is 31.9 Å². The number of amides is 6. The highest BCUT2D eigenvalue weighted by molar-refractivity contribution is 5.95. The van der Waals surface area contributed by atoms with Gasteiger partial charge in [-0.1, -0.05) is 52.7 Å². The highest BCUT2D eigenvalue weighted by Crippen LogP contribution is 2.19. The fourth-order valence-corrected chi connectivity index (χ4v) is 6.79. The number of nitrogens with one attached hydrogen (secondary N) is 6. The van der Waals surface area contributed by atoms with E-state index in [0.29, 0.717) is 57.1 Å². The van der Waals surface area contributed by atoms with Crippen molar-refractivity contribution in [2.24, 2.45) is 23.3 Å². The lowest BCUT2D eigenvalue weighted by Crippen LogP contribution is -2.58. The van der Waals surface area contributed by atoms with Crippen LogP contribution in [0.4, 0.5) is 0 Å². The van der Waals surface area contributed by atoms with E-state index in [1.807, 2.05) is 20.8 Å². The second-order valence-electron chi connectivity index (χ2n) is 16.1. The molecule has 61 heavy (non-hydrogen) atoms. The smallest absolute Gasteiger partial charge is 0.326 e. The molecule has 6 amide bonds. The van der Waals surface area contributed by atoms with Gasteiger partial charge in [0.15, 0.2) is 0 Å². The molecule has 0 spiro atoms. The van der Waals surface area contributed by atoms with Crippen LogP contribution in [-0.2, 0) is 44.8 Å². The molecule has 0 unspecified atom stereocenters. The fraction of sp³-hybridized carbons (Fsp3) is 0.659. The number of rotatable bonds is 27. The third-order valence-corrected chi connectivity index (χ3v) is 10.6. The number of nitrogens with two attached hydrogens (primary N) is 2. The molecule has 1 aliphatic rings. The minimum atomic E-state index is -1.48. The van der Waals surface area contributed by atoms with Crippen LogP contribution in [0.1, 0.15) is 91.5 Å². The number of phenolic OH excluding ortho intramolecular Hbond substituents is 1. The van der Waals surface area contributed by atoms with Gasteiger partial charge in [0.2, 0.25) is 35.4 Å². The van der Waals surface area contributed by atoms with Crippen LogP contribution in [-0.4, -0.2) is 136 Å². The maximum absolute atomic E-state index is 14.0. The molecule has 13 N–H and O–H groups in total. The lowest BCUT2D eigenvalue weighted by atomic mass is 9.99. The van der Waals surface area contributed by atoms with Crippen LogP contribution in [0.2, 0.25) is 0 Å². The van der Waals surface area contributed by atoms with Crippen LogP contribution >= 0.6 is 0 Å². The van der Waals surface area contributed by atoms with Gasteiger partial charge in [-0.15, -0.1) is 0 Å². The topological polar surface area (TPSA) is 325 Å². The van der Waals surface area contributed by atoms with Crippen molar-refractivity contribution in [1.29, 1.82) is 0 Å². The zero-order valence-corrected chi connectivity index (χ0v) is 35.9. The molecule has 20 heteroatoms. The van der Waals surface area contributed by atoms with Crippen molar-refractivity contribution in [2.45, 2.75) is 135 Å². The maximum Gasteiger partial charge on any atom is 0.326 e. The van der Waals surface area contributed by atoms with E-state index in [9.17, 15) is 53.7 Å². The molecule has 0 aromatic heterocycles. The van der Waals surface area contributed by atoms with Crippen LogP contribution in [0.15, 0.2) is 24.3 Å². The van der Waals surface area contributed by atoms with Gasteiger partial charge in [-0.2, -0.15) is 0 Å². The Kier molecular flexibility index (Phi) is 22.2. The van der Waals surface area contributed by atoms with Gasteiger partial charge in [-0.05, 0) is 75.1 Å². The van der Waals surface area contributed by atoms with Gasteiger partial charge in [-0.3, -0.25) is 33.6 Å². The van der Waals surface area contributed by atoms with E-state index in [1.165, 1.54) is 24.0 Å². The van der Waals surface area contributed by atoms with Gasteiger partial charge in [0.1, 0.15) is 29.9 Å². The number of aliphatic carboxylic acids is 2. The largest absolute Gasteiger partial charge is 0.508 e. The summed E-state index contributed by atoms with van der Waals surface area (Å²) >= 11 is 0. The summed E-state index contributed by atoms with van der Waals surface area (Å²) in [4.78, 5) is 104. The Labute approximate surface area is 357 Å². The first-order chi connectivity index (χ1) is 28.8. The SMILES string of the molecule is CC[C@H](C)[C@H](N)C(=O)N[C@@H](CC(=O)O)C(=O)NCC(=O)N[C@@H](CCCCN)CN[C@@H](CC(C)C)C(=O)N[C@@H](Cc1ccc(O)cc1)C(=O)N[C@@H](C)C(=O)N1CCC[C@H]1C(=O)O. The van der Waals surface area contributed by atoms with Gasteiger partial charge in [0.25, 0.3) is 0 Å². The van der Waals surface area contributed by atoms with E-state index in [1.54, 1.807) is 19.1 Å². The molecule has 1 fully saturated rings. The number of carboxylic acids is 2. The number of benzene rings is 1. The van der Waals surface area contributed by atoms with Crippen molar-refractivity contribution in [3.05, 3.63) is 29.8 Å². The lowest BCUT2D eigenvalue weighted by molar-refractivity contribution is -0.149. The highest BCUT2D eigenvalue weighted by Gasteiger charge is 2.37. The van der Waals surface area contributed by atoms with E-state index >= 15 is 0 Å². The molecule has 0 radical (unpaired) electrons. The summed E-state index contributed by atoms with van der Waals surface area (Å²) in [6.07, 6.45) is 2.62. The molecule has 342 valence electrons. The Bertz CT molecular complexity index is 1640. The van der Waals surface area contributed by atoms with Gasteiger partial charge in [-0.25, -0.2) is 4.79 Å². The normalized spacial score (nSPS) is 17.2. The minimum Gasteiger partial charge on any atom is -0.508 e. The van der Waals surface area contributed by atoms with E-state index in [4.69, 9.17) is 11.5 Å². The molecule has 1 saturated heterocycles. The molecule has 8 atom stereocenters. The molecule has 1 aliphatic heterocycles. The van der Waals surface area contributed by atoms with E-state index < -0.39 is 103 Å². The first-order valence-corrected chi connectivity index (χ1v) is 21.0. The Balaban J connectivity index is 2.20. The van der Waals surface area contributed by atoms with Gasteiger partial charge < -0.3 is 63.6 Å². The summed E-state index contributed by atoms with van der Waals surface area (Å²) in [6, 6.07) is -1.15. The Hall–Kier alpha value is -5.34. The summed E-state index contributed by atoms with van der Waals surface area (Å²) in [7, 11) is 0. The molecule has 0 bridgehead atoms. The summed E-state index contributed by atoms with van der Waals surface area (Å²) in [5, 5.41) is 45.0. The Morgan fingerprint density at radius 2 is 1.48 bits per heavy atom. The quantitative estimate of drug-likeness (QED) is 0.0477. The number of hydrogen-bond donors (Lipinski definition) is 11. The third-order valence-electron chi connectivity index (χ3n) is 10.6. The average molecular weight is 862 g/mol. The van der Waals surface area contributed by atoms with Gasteiger partial charge >= 0.3 is 11.9 Å². The van der Waals surface area contributed by atoms with E-state index in [0.717, 1.165) is 0 Å². The number of carbonyl (C=O) groups is 8. The number of nitrogens with zero attached hydrogens (tertiary/aromatic N) is 1. The number of carboxylic acid groups (broad SMARTS) is 2. The van der Waals surface area contributed by atoms with Gasteiger partial charge in [0.05, 0.1) is 25.0 Å². The molecule has 1 heterocycles. The summed E-state index contributed by atoms with van der Waals surface area (Å²) in [6.45, 7) is 8.99. The van der Waals surface area contributed by atoms with Crippen LogP contribution in [0, 0.1) is 11.8 Å². The van der Waals surface area contributed by atoms with Crippen LogP contribution in [0.25, 0.3) is 0 Å². The third kappa shape index (κ3) is 18.0. The number of carbonyl (C=O) groups excluding carboxylic acids is 6. The Morgan fingerprint density at radius 3 is 2.07 bits per heavy atom. The summed E-state index contributed by atoms with van der Waals surface area (Å²) in [5.41, 5.74) is 12.3. The monoisotopic (exact) mass is 861 g/mol. The second kappa shape index (κ2) is 26.1. The standard InChI is InChI=1S/C41H67N9O11/c1-6-24(4)35(43)39(58)49-31(20-34(53)54)36(55)45-22-33(52)47-27(10-7-8-16-42)21-44-29(18-23(2)3)37(56)48-30(19-26-12-14-28(51)15-13-26)38(57)46-25(5)40(59)50-17-9-11-32(50)41(60)61/h12-15,23-25,27,29-32,35,44,51H,6-11,16-22,42-43H2,1-5H3,(H,45,55)(H,46,57)(H,47,52)(H,48,56)(H,49,58)(H,53,54)(H,60,61)/t24-,25-,27-,29-,30-,31-,32-,35-/m0/s1. The molecule has 0 aliphatic carbocycles. The Morgan fingerprint density at radius 1 is 0.836 bits per heavy atom. The number of hydrogen-bond acceptors (Lipinski definition) is 12. The molecular weight excluding hydrogens is 795 g/mol. The molecule has 20 nitrogen and oxygen atoms in total. The zero-order chi connectivity index (χ0) is 45.8. The number of aromatic hydroxyl groups is 1. The van der Waals surface area contributed by atoms with Crippen molar-refractivity contribution in [3.8, 4) is 5.75 Å². The van der Waals surface area contributed by atoms with Crippen LogP contribution in [0.5, 0.6) is 5.75 Å². The maximum atomic E-state index is 14.0. The van der Waals surface area contributed by atoms with Crippen molar-refractivity contribution in [2.75, 3.05) is 26.2 Å². The average Bonchev–Trinajstić information content (AvgIpc) is 3.71. The molecule has 0 saturated carbocycles. The molecular formula is C41H67N9O11. The zero-order valence-electron chi connectivity index (χ0n) is 35.9. The van der Waals surface area contributed by atoms with Crippen LogP contribution in [0.3, 0.4) is 0 Å². The molecule has 1 aromatic carbocycles. The summed E-state index contributed by atoms with van der Waals surface area (Å²) < 4.78 is 0. The predicted molar refractivity (Wildman–Crippen MR) is 224 cm³/mol. The molecule has 1 aromatic rings. The second-order valence-corrected chi connectivity index (χ2v) is 16.1. The van der Waals surface area contributed by atoms with Gasteiger partial charge in [0, 0.05) is 25.6 Å². The predicted octanol–water partition coefficient (Wildman–Crippen LogP) is -0.933. The van der Waals surface area contributed by atoms with Crippen molar-refractivity contribution < 1.29 is 53.7 Å². The number of phenols is 1. The van der Waals surface area contributed by atoms with Crippen LogP contribution < -0.4 is 43.4 Å². The van der Waals surface area contributed by atoms with E-state index in [-0.39, 0.29) is 37.1 Å². The van der Waals surface area contributed by atoms with Crippen molar-refractivity contribution in [1.82, 2.24) is 36.8 Å². The summed E-state index contributed by atoms with van der Waals surface area (Å²) in [5.74, 6) is -6.73. The van der Waals surface area contributed by atoms with Crippen molar-refractivity contribution >= 4 is 47.4 Å². The number of unbranched alkanes of at least 4 members (excludes halogenated alkanes) is 1. The lowest BCUT2D eigenvalue weighted by Gasteiger charge is -2.28. The molecule has 2 rings (SSSR count).